The van der Waals surface area contributed by atoms with Crippen LogP contribution in [0.2, 0.25) is 0 Å². The first-order valence-electron chi connectivity index (χ1n) is 6.51. The van der Waals surface area contributed by atoms with Crippen molar-refractivity contribution >= 4 is 11.4 Å². The van der Waals surface area contributed by atoms with Crippen molar-refractivity contribution in [1.82, 2.24) is 0 Å². The monoisotopic (exact) mass is 276 g/mol. The molecule has 2 N–H and O–H groups in total. The molecule has 0 aromatic heterocycles. The van der Waals surface area contributed by atoms with Gasteiger partial charge in [-0.05, 0) is 43.7 Å². The van der Waals surface area contributed by atoms with E-state index in [1.165, 1.54) is 18.2 Å². The molecule has 2 aromatic carbocycles. The van der Waals surface area contributed by atoms with Crippen molar-refractivity contribution in [2.45, 2.75) is 19.4 Å². The molecule has 1 unspecified atom stereocenters. The van der Waals surface area contributed by atoms with E-state index in [9.17, 15) is 8.78 Å². The number of hydrogen-bond acceptors (Lipinski definition) is 2. The average Bonchev–Trinajstić information content (AvgIpc) is 2.40. The third-order valence-electron chi connectivity index (χ3n) is 3.18. The molecular formula is C16H18F2N2. The fourth-order valence-electron chi connectivity index (χ4n) is 2.21. The van der Waals surface area contributed by atoms with E-state index in [0.717, 1.165) is 0 Å². The van der Waals surface area contributed by atoms with Crippen LogP contribution in [0.1, 0.15) is 12.5 Å². The zero-order valence-electron chi connectivity index (χ0n) is 11.6. The highest BCUT2D eigenvalue weighted by Crippen LogP contribution is 2.29. The van der Waals surface area contributed by atoms with Crippen molar-refractivity contribution in [1.29, 1.82) is 0 Å². The molecule has 2 aromatic rings. The molecule has 0 aliphatic rings. The van der Waals surface area contributed by atoms with Crippen LogP contribution >= 0.6 is 0 Å². The van der Waals surface area contributed by atoms with E-state index in [0.29, 0.717) is 23.4 Å². The smallest absolute Gasteiger partial charge is 0.128 e. The van der Waals surface area contributed by atoms with E-state index < -0.39 is 0 Å². The molecule has 0 saturated heterocycles. The Morgan fingerprint density at radius 3 is 2.50 bits per heavy atom. The average molecular weight is 276 g/mol. The van der Waals surface area contributed by atoms with Crippen LogP contribution < -0.4 is 10.6 Å². The van der Waals surface area contributed by atoms with Crippen LogP contribution in [0.4, 0.5) is 20.2 Å². The van der Waals surface area contributed by atoms with Gasteiger partial charge in [-0.2, -0.15) is 0 Å². The molecule has 0 fully saturated rings. The molecule has 2 nitrogen and oxygen atoms in total. The number of halogens is 2. The molecule has 0 saturated carbocycles. The van der Waals surface area contributed by atoms with Crippen LogP contribution in [-0.2, 0) is 6.42 Å². The van der Waals surface area contributed by atoms with Gasteiger partial charge in [0.25, 0.3) is 0 Å². The molecule has 4 heteroatoms. The van der Waals surface area contributed by atoms with Crippen molar-refractivity contribution in [3.05, 3.63) is 59.7 Å². The Kier molecular flexibility index (Phi) is 4.35. The second-order valence-electron chi connectivity index (χ2n) is 4.96. The molecule has 106 valence electrons. The maximum Gasteiger partial charge on any atom is 0.128 e. The van der Waals surface area contributed by atoms with E-state index in [-0.39, 0.29) is 17.7 Å². The van der Waals surface area contributed by atoms with Gasteiger partial charge in [0.2, 0.25) is 0 Å². The fraction of sp³-hybridized carbons (Fsp3) is 0.250. The molecule has 0 aliphatic heterocycles. The van der Waals surface area contributed by atoms with Gasteiger partial charge in [-0.3, -0.25) is 0 Å². The molecule has 0 radical (unpaired) electrons. The third kappa shape index (κ3) is 3.14. The summed E-state index contributed by atoms with van der Waals surface area (Å²) in [4.78, 5) is 1.77. The van der Waals surface area contributed by atoms with Gasteiger partial charge in [-0.15, -0.1) is 0 Å². The van der Waals surface area contributed by atoms with E-state index in [1.54, 1.807) is 30.1 Å². The van der Waals surface area contributed by atoms with Crippen molar-refractivity contribution in [2.75, 3.05) is 11.9 Å². The minimum Gasteiger partial charge on any atom is -0.344 e. The summed E-state index contributed by atoms with van der Waals surface area (Å²) in [6.07, 6.45) is 0.432. The highest BCUT2D eigenvalue weighted by molar-refractivity contribution is 5.66. The van der Waals surface area contributed by atoms with Crippen LogP contribution in [0.3, 0.4) is 0 Å². The van der Waals surface area contributed by atoms with E-state index in [1.807, 2.05) is 13.0 Å². The van der Waals surface area contributed by atoms with E-state index in [2.05, 4.69) is 0 Å². The normalized spacial score (nSPS) is 12.2. The zero-order valence-corrected chi connectivity index (χ0v) is 11.6. The van der Waals surface area contributed by atoms with Gasteiger partial charge in [0, 0.05) is 30.0 Å². The van der Waals surface area contributed by atoms with Gasteiger partial charge in [0.1, 0.15) is 11.6 Å². The Labute approximate surface area is 117 Å². The van der Waals surface area contributed by atoms with Gasteiger partial charge in [-0.25, -0.2) is 8.78 Å². The van der Waals surface area contributed by atoms with Crippen LogP contribution in [0.15, 0.2) is 42.5 Å². The van der Waals surface area contributed by atoms with E-state index >= 15 is 0 Å². The van der Waals surface area contributed by atoms with E-state index in [4.69, 9.17) is 5.73 Å². The van der Waals surface area contributed by atoms with Gasteiger partial charge in [0.15, 0.2) is 0 Å². The predicted molar refractivity (Wildman–Crippen MR) is 78.2 cm³/mol. The minimum atomic E-state index is -0.320. The minimum absolute atomic E-state index is 0.147. The molecule has 0 spiro atoms. The molecule has 1 atom stereocenters. The Morgan fingerprint density at radius 2 is 1.85 bits per heavy atom. The zero-order chi connectivity index (χ0) is 14.7. The lowest BCUT2D eigenvalue weighted by Gasteiger charge is -2.23. The number of nitrogens with zero attached hydrogens (tertiary/aromatic N) is 1. The first-order chi connectivity index (χ1) is 9.49. The number of nitrogens with two attached hydrogens (primary N) is 1. The number of hydrogen-bond donors (Lipinski definition) is 1. The summed E-state index contributed by atoms with van der Waals surface area (Å²) in [7, 11) is 1.79. The van der Waals surface area contributed by atoms with Crippen LogP contribution in [0.25, 0.3) is 0 Å². The topological polar surface area (TPSA) is 29.3 Å². The second kappa shape index (κ2) is 6.01. The first-order valence-corrected chi connectivity index (χ1v) is 6.51. The quantitative estimate of drug-likeness (QED) is 0.924. The maximum absolute atomic E-state index is 14.0. The van der Waals surface area contributed by atoms with Gasteiger partial charge >= 0.3 is 0 Å². The summed E-state index contributed by atoms with van der Waals surface area (Å²) in [5, 5.41) is 0. The summed E-state index contributed by atoms with van der Waals surface area (Å²) in [6, 6.07) is 10.9. The number of benzene rings is 2. The Balaban J connectivity index is 2.44. The number of rotatable bonds is 4. The van der Waals surface area contributed by atoms with Crippen molar-refractivity contribution in [2.24, 2.45) is 5.73 Å². The highest BCUT2D eigenvalue weighted by Gasteiger charge is 2.14. The van der Waals surface area contributed by atoms with Crippen molar-refractivity contribution in [3.8, 4) is 0 Å². The SMILES string of the molecule is CC(N)Cc1c(F)cccc1N(C)c1cccc(F)c1. The standard InChI is InChI=1S/C16H18F2N2/c1-11(19)9-14-15(18)7-4-8-16(14)20(2)13-6-3-5-12(17)10-13/h3-8,10-11H,9,19H2,1-2H3. The summed E-state index contributed by atoms with van der Waals surface area (Å²) in [5.74, 6) is -0.609. The lowest BCUT2D eigenvalue weighted by atomic mass is 10.0. The fourth-order valence-corrected chi connectivity index (χ4v) is 2.21. The summed E-state index contributed by atoms with van der Waals surface area (Å²) < 4.78 is 27.3. The van der Waals surface area contributed by atoms with Gasteiger partial charge in [-0.1, -0.05) is 12.1 Å². The molecule has 2 rings (SSSR count). The molecule has 0 aliphatic carbocycles. The Morgan fingerprint density at radius 1 is 1.15 bits per heavy atom. The van der Waals surface area contributed by atoms with Gasteiger partial charge in [0.05, 0.1) is 0 Å². The third-order valence-corrected chi connectivity index (χ3v) is 3.18. The molecule has 20 heavy (non-hydrogen) atoms. The molecule has 0 amide bonds. The van der Waals surface area contributed by atoms with Crippen molar-refractivity contribution in [3.63, 3.8) is 0 Å². The lowest BCUT2D eigenvalue weighted by molar-refractivity contribution is 0.596. The molecule has 0 heterocycles. The van der Waals surface area contributed by atoms with Crippen LogP contribution in [0.5, 0.6) is 0 Å². The van der Waals surface area contributed by atoms with Gasteiger partial charge < -0.3 is 10.6 Å². The first kappa shape index (κ1) is 14.5. The van der Waals surface area contributed by atoms with Crippen LogP contribution in [-0.4, -0.2) is 13.1 Å². The Hall–Kier alpha value is -1.94. The summed E-state index contributed by atoms with van der Waals surface area (Å²) >= 11 is 0. The maximum atomic E-state index is 14.0. The largest absolute Gasteiger partial charge is 0.344 e. The summed E-state index contributed by atoms with van der Waals surface area (Å²) in [6.45, 7) is 1.83. The second-order valence-corrected chi connectivity index (χ2v) is 4.96. The molecular weight excluding hydrogens is 258 g/mol. The van der Waals surface area contributed by atoms with Crippen molar-refractivity contribution < 1.29 is 8.78 Å². The summed E-state index contributed by atoms with van der Waals surface area (Å²) in [5.41, 5.74) is 7.70. The Bertz CT molecular complexity index is 597. The number of anilines is 2. The lowest BCUT2D eigenvalue weighted by Crippen LogP contribution is -2.21. The predicted octanol–water partition coefficient (Wildman–Crippen LogP) is 3.62. The molecule has 0 bridgehead atoms. The van der Waals surface area contributed by atoms with Crippen LogP contribution in [0, 0.1) is 11.6 Å². The highest BCUT2D eigenvalue weighted by atomic mass is 19.1.